The predicted molar refractivity (Wildman–Crippen MR) is 192 cm³/mol. The zero-order chi connectivity index (χ0) is 30.1. The van der Waals surface area contributed by atoms with Gasteiger partial charge in [-0.25, -0.2) is 4.68 Å². The Hall–Kier alpha value is -4.58. The van der Waals surface area contributed by atoms with Gasteiger partial charge in [0.2, 0.25) is 0 Å². The molecular formula is C40H31N3S2. The van der Waals surface area contributed by atoms with Gasteiger partial charge in [0, 0.05) is 14.6 Å². The van der Waals surface area contributed by atoms with Gasteiger partial charge in [-0.3, -0.25) is 0 Å². The Bertz CT molecular complexity index is 2390. The van der Waals surface area contributed by atoms with Crippen LogP contribution < -0.4 is 0 Å². The largest absolute Gasteiger partial charge is 0.247 e. The second-order valence-electron chi connectivity index (χ2n) is 12.2. The number of benzene rings is 5. The van der Waals surface area contributed by atoms with Gasteiger partial charge in [-0.05, 0) is 111 Å². The molecule has 3 nitrogen and oxygen atoms in total. The standard InChI is InChI=1S/C40H31N3S2/c1-24-34(20-37(44-24)26-8-4-3-5-9-26)32-12-7-13-33(32)35-21-38(45-25(35)2)36-23-43(42-41-36)22-30-17-16-29-15-14-27-10-6-11-28-18-19-31(30)40(29)39(27)28/h3-6,8-11,14-21,23H,7,12-13,22H2,1-2H3. The Morgan fingerprint density at radius 2 is 1.31 bits per heavy atom. The van der Waals surface area contributed by atoms with Crippen molar-refractivity contribution in [3.63, 3.8) is 0 Å². The Morgan fingerprint density at radius 1 is 0.667 bits per heavy atom. The minimum atomic E-state index is 0.689. The van der Waals surface area contributed by atoms with Crippen LogP contribution in [0.25, 0.3) is 64.5 Å². The molecule has 218 valence electrons. The number of rotatable bonds is 6. The SMILES string of the molecule is Cc1sc(-c2ccccc2)cc1C1=C(c2cc(-c3cn(Cc4ccc5ccc6cccc7ccc4c5c67)nn3)sc2C)CCC1. The summed E-state index contributed by atoms with van der Waals surface area (Å²) in [5, 5.41) is 17.1. The van der Waals surface area contributed by atoms with Gasteiger partial charge in [-0.2, -0.15) is 0 Å². The molecule has 0 bridgehead atoms. The third-order valence-electron chi connectivity index (χ3n) is 9.50. The molecule has 0 radical (unpaired) electrons. The second kappa shape index (κ2) is 10.5. The van der Waals surface area contributed by atoms with Crippen molar-refractivity contribution in [1.82, 2.24) is 15.0 Å². The van der Waals surface area contributed by atoms with Gasteiger partial charge in [-0.1, -0.05) is 90.1 Å². The average Bonchev–Trinajstić information content (AvgIpc) is 3.88. The van der Waals surface area contributed by atoms with Crippen LogP contribution in [0.2, 0.25) is 0 Å². The minimum absolute atomic E-state index is 0.689. The minimum Gasteiger partial charge on any atom is -0.247 e. The lowest BCUT2D eigenvalue weighted by Gasteiger charge is -2.13. The van der Waals surface area contributed by atoms with E-state index in [9.17, 15) is 0 Å². The molecule has 0 atom stereocenters. The highest BCUT2D eigenvalue weighted by atomic mass is 32.1. The summed E-state index contributed by atoms with van der Waals surface area (Å²) in [7, 11) is 0. The van der Waals surface area contributed by atoms with Gasteiger partial charge in [0.15, 0.2) is 0 Å². The molecule has 0 amide bonds. The molecule has 3 heterocycles. The molecule has 0 N–H and O–H groups in total. The van der Waals surface area contributed by atoms with E-state index in [1.165, 1.54) is 91.6 Å². The van der Waals surface area contributed by atoms with E-state index in [4.69, 9.17) is 0 Å². The number of hydrogen-bond acceptors (Lipinski definition) is 4. The number of aryl methyl sites for hydroxylation is 2. The van der Waals surface area contributed by atoms with E-state index in [1.807, 2.05) is 27.4 Å². The van der Waals surface area contributed by atoms with Crippen LogP contribution >= 0.6 is 22.7 Å². The average molecular weight is 618 g/mol. The van der Waals surface area contributed by atoms with E-state index in [0.29, 0.717) is 6.54 Å². The number of nitrogens with zero attached hydrogens (tertiary/aromatic N) is 3. The zero-order valence-corrected chi connectivity index (χ0v) is 26.9. The van der Waals surface area contributed by atoms with Gasteiger partial charge in [0.05, 0.1) is 17.6 Å². The molecule has 0 spiro atoms. The number of aromatic nitrogens is 3. The molecule has 0 aliphatic heterocycles. The summed E-state index contributed by atoms with van der Waals surface area (Å²) >= 11 is 3.75. The van der Waals surface area contributed by atoms with Crippen molar-refractivity contribution in [3.8, 4) is 21.0 Å². The topological polar surface area (TPSA) is 30.7 Å². The summed E-state index contributed by atoms with van der Waals surface area (Å²) in [6.45, 7) is 5.23. The first-order chi connectivity index (χ1) is 22.1. The zero-order valence-electron chi connectivity index (χ0n) is 25.3. The summed E-state index contributed by atoms with van der Waals surface area (Å²) in [5.74, 6) is 0. The summed E-state index contributed by atoms with van der Waals surface area (Å²) in [4.78, 5) is 5.31. The van der Waals surface area contributed by atoms with Crippen LogP contribution in [-0.4, -0.2) is 15.0 Å². The Balaban J connectivity index is 1.04. The van der Waals surface area contributed by atoms with E-state index >= 15 is 0 Å². The van der Waals surface area contributed by atoms with Crippen molar-refractivity contribution in [2.45, 2.75) is 39.7 Å². The van der Waals surface area contributed by atoms with E-state index in [0.717, 1.165) is 18.5 Å². The highest BCUT2D eigenvalue weighted by molar-refractivity contribution is 7.16. The molecule has 3 aromatic heterocycles. The monoisotopic (exact) mass is 617 g/mol. The molecule has 5 aromatic carbocycles. The van der Waals surface area contributed by atoms with Crippen LogP contribution in [0.1, 0.15) is 45.7 Å². The fraction of sp³-hybridized carbons (Fsp3) is 0.150. The molecular weight excluding hydrogens is 587 g/mol. The van der Waals surface area contributed by atoms with Crippen LogP contribution in [0.5, 0.6) is 0 Å². The number of hydrogen-bond donors (Lipinski definition) is 0. The molecule has 0 saturated carbocycles. The van der Waals surface area contributed by atoms with Crippen molar-refractivity contribution >= 4 is 66.1 Å². The second-order valence-corrected chi connectivity index (χ2v) is 14.7. The Labute approximate surface area is 270 Å². The van der Waals surface area contributed by atoms with Crippen LogP contribution in [0.15, 0.2) is 103 Å². The van der Waals surface area contributed by atoms with Gasteiger partial charge in [0.25, 0.3) is 0 Å². The molecule has 0 saturated heterocycles. The Morgan fingerprint density at radius 3 is 2.07 bits per heavy atom. The first-order valence-corrected chi connectivity index (χ1v) is 17.3. The van der Waals surface area contributed by atoms with Crippen molar-refractivity contribution < 1.29 is 0 Å². The lowest BCUT2D eigenvalue weighted by Crippen LogP contribution is -2.01. The van der Waals surface area contributed by atoms with Crippen LogP contribution in [-0.2, 0) is 6.54 Å². The van der Waals surface area contributed by atoms with Gasteiger partial charge in [-0.15, -0.1) is 27.8 Å². The van der Waals surface area contributed by atoms with Gasteiger partial charge < -0.3 is 0 Å². The maximum atomic E-state index is 4.66. The molecule has 5 heteroatoms. The normalized spacial score (nSPS) is 13.7. The van der Waals surface area contributed by atoms with Crippen molar-refractivity contribution in [3.05, 3.63) is 130 Å². The lowest BCUT2D eigenvalue weighted by atomic mass is 9.92. The highest BCUT2D eigenvalue weighted by Crippen LogP contribution is 2.47. The fourth-order valence-corrected chi connectivity index (χ4v) is 9.42. The molecule has 1 aliphatic rings. The Kier molecular flexibility index (Phi) is 6.25. The highest BCUT2D eigenvalue weighted by Gasteiger charge is 2.24. The van der Waals surface area contributed by atoms with Crippen LogP contribution in [0.4, 0.5) is 0 Å². The smallest absolute Gasteiger partial charge is 0.123 e. The first kappa shape index (κ1) is 26.8. The quantitative estimate of drug-likeness (QED) is 0.174. The summed E-state index contributed by atoms with van der Waals surface area (Å²) in [6.07, 6.45) is 5.60. The summed E-state index contributed by atoms with van der Waals surface area (Å²) < 4.78 is 2.00. The van der Waals surface area contributed by atoms with Crippen molar-refractivity contribution in [2.24, 2.45) is 0 Å². The third-order valence-corrected chi connectivity index (χ3v) is 11.7. The van der Waals surface area contributed by atoms with Gasteiger partial charge in [0.1, 0.15) is 5.69 Å². The molecule has 1 aliphatic carbocycles. The molecule has 0 unspecified atom stereocenters. The van der Waals surface area contributed by atoms with E-state index in [-0.39, 0.29) is 0 Å². The molecule has 0 fully saturated rings. The first-order valence-electron chi connectivity index (χ1n) is 15.7. The van der Waals surface area contributed by atoms with Crippen LogP contribution in [0.3, 0.4) is 0 Å². The maximum Gasteiger partial charge on any atom is 0.123 e. The summed E-state index contributed by atoms with van der Waals surface area (Å²) in [5.41, 5.74) is 9.37. The third kappa shape index (κ3) is 4.45. The molecule has 8 aromatic rings. The van der Waals surface area contributed by atoms with Crippen molar-refractivity contribution in [1.29, 1.82) is 0 Å². The van der Waals surface area contributed by atoms with E-state index < -0.39 is 0 Å². The fourth-order valence-electron chi connectivity index (χ4n) is 7.37. The molecule has 9 rings (SSSR count). The van der Waals surface area contributed by atoms with E-state index in [2.05, 4.69) is 127 Å². The van der Waals surface area contributed by atoms with Crippen LogP contribution in [0, 0.1) is 13.8 Å². The van der Waals surface area contributed by atoms with E-state index in [1.54, 1.807) is 0 Å². The maximum absolute atomic E-state index is 4.66. The predicted octanol–water partition coefficient (Wildman–Crippen LogP) is 11.4. The summed E-state index contributed by atoms with van der Waals surface area (Å²) in [6, 6.07) is 35.6. The number of allylic oxidation sites excluding steroid dienone is 2. The molecule has 45 heavy (non-hydrogen) atoms. The lowest BCUT2D eigenvalue weighted by molar-refractivity contribution is 0.652. The van der Waals surface area contributed by atoms with Gasteiger partial charge >= 0.3 is 0 Å². The number of thiophene rings is 2. The van der Waals surface area contributed by atoms with Crippen molar-refractivity contribution in [2.75, 3.05) is 0 Å².